The Balaban J connectivity index is 1.71. The summed E-state index contributed by atoms with van der Waals surface area (Å²) >= 11 is 0. The van der Waals surface area contributed by atoms with Gasteiger partial charge < -0.3 is 8.94 Å². The third kappa shape index (κ3) is 3.07. The first-order chi connectivity index (χ1) is 9.31. The van der Waals surface area contributed by atoms with Crippen LogP contribution >= 0.6 is 0 Å². The minimum Gasteiger partial charge on any atom is -0.468 e. The van der Waals surface area contributed by atoms with Crippen molar-refractivity contribution < 1.29 is 8.94 Å². The number of nitrogens with zero attached hydrogens (tertiary/aromatic N) is 2. The summed E-state index contributed by atoms with van der Waals surface area (Å²) < 4.78 is 10.8. The van der Waals surface area contributed by atoms with Crippen molar-refractivity contribution in [3.05, 3.63) is 41.7 Å². The lowest BCUT2D eigenvalue weighted by atomic mass is 10.2. The van der Waals surface area contributed by atoms with E-state index in [1.54, 1.807) is 6.26 Å². The van der Waals surface area contributed by atoms with E-state index in [0.717, 1.165) is 30.3 Å². The summed E-state index contributed by atoms with van der Waals surface area (Å²) in [7, 11) is 0. The van der Waals surface area contributed by atoms with Crippen LogP contribution in [-0.4, -0.2) is 16.1 Å². The topological polar surface area (TPSA) is 42.4 Å². The first-order valence-corrected chi connectivity index (χ1v) is 7.00. The van der Waals surface area contributed by atoms with Crippen molar-refractivity contribution in [3.63, 3.8) is 0 Å². The molecule has 0 aromatic carbocycles. The second-order valence-corrected chi connectivity index (χ2v) is 5.36. The van der Waals surface area contributed by atoms with E-state index in [1.807, 2.05) is 25.1 Å². The maximum Gasteiger partial charge on any atom is 0.150 e. The zero-order valence-electron chi connectivity index (χ0n) is 11.3. The molecule has 0 bridgehead atoms. The Bertz CT molecular complexity index is 498. The summed E-state index contributed by atoms with van der Waals surface area (Å²) in [5, 5.41) is 3.97. The van der Waals surface area contributed by atoms with Gasteiger partial charge in [0.1, 0.15) is 5.76 Å². The molecule has 0 aliphatic heterocycles. The minimum absolute atomic E-state index is 0.635. The molecule has 102 valence electrons. The average Bonchev–Trinajstić information content (AvgIpc) is 3.10. The third-order valence-electron chi connectivity index (χ3n) is 3.82. The van der Waals surface area contributed by atoms with Crippen molar-refractivity contribution in [2.45, 2.75) is 51.7 Å². The van der Waals surface area contributed by atoms with Gasteiger partial charge in [0.05, 0.1) is 25.0 Å². The molecule has 19 heavy (non-hydrogen) atoms. The summed E-state index contributed by atoms with van der Waals surface area (Å²) in [5.41, 5.74) is 0.944. The van der Waals surface area contributed by atoms with E-state index in [4.69, 9.17) is 8.94 Å². The SMILES string of the molecule is Cc1cc(CN(Cc2ccco2)C2CCCC2)on1. The molecule has 1 saturated carbocycles. The van der Waals surface area contributed by atoms with Crippen LogP contribution in [0.25, 0.3) is 0 Å². The third-order valence-corrected chi connectivity index (χ3v) is 3.82. The number of hydrogen-bond acceptors (Lipinski definition) is 4. The Morgan fingerprint density at radius 1 is 1.26 bits per heavy atom. The maximum atomic E-state index is 5.48. The monoisotopic (exact) mass is 260 g/mol. The van der Waals surface area contributed by atoms with Crippen LogP contribution in [0.15, 0.2) is 33.4 Å². The maximum absolute atomic E-state index is 5.48. The van der Waals surface area contributed by atoms with Crippen LogP contribution in [0, 0.1) is 6.92 Å². The standard InChI is InChI=1S/C15H20N2O2/c1-12-9-15(19-16-12)11-17(13-5-2-3-6-13)10-14-7-4-8-18-14/h4,7-9,13H,2-3,5-6,10-11H2,1H3. The molecule has 1 aliphatic carbocycles. The highest BCUT2D eigenvalue weighted by Crippen LogP contribution is 2.26. The molecule has 2 aromatic rings. The fraction of sp³-hybridized carbons (Fsp3) is 0.533. The highest BCUT2D eigenvalue weighted by Gasteiger charge is 2.24. The number of aryl methyl sites for hydroxylation is 1. The van der Waals surface area contributed by atoms with Crippen molar-refractivity contribution in [1.29, 1.82) is 0 Å². The van der Waals surface area contributed by atoms with E-state index in [-0.39, 0.29) is 0 Å². The second-order valence-electron chi connectivity index (χ2n) is 5.36. The number of aromatic nitrogens is 1. The summed E-state index contributed by atoms with van der Waals surface area (Å²) in [6.45, 7) is 3.61. The number of furan rings is 1. The Morgan fingerprint density at radius 2 is 2.05 bits per heavy atom. The van der Waals surface area contributed by atoms with Gasteiger partial charge in [0.15, 0.2) is 5.76 Å². The lowest BCUT2D eigenvalue weighted by molar-refractivity contribution is 0.149. The average molecular weight is 260 g/mol. The molecule has 0 saturated heterocycles. The number of rotatable bonds is 5. The molecule has 1 fully saturated rings. The Morgan fingerprint density at radius 3 is 2.68 bits per heavy atom. The molecule has 0 atom stereocenters. The zero-order valence-corrected chi connectivity index (χ0v) is 11.3. The summed E-state index contributed by atoms with van der Waals surface area (Å²) in [4.78, 5) is 2.45. The van der Waals surface area contributed by atoms with Crippen LogP contribution in [0.1, 0.15) is 42.9 Å². The predicted octanol–water partition coefficient (Wildman–Crippen LogP) is 3.52. The van der Waals surface area contributed by atoms with Crippen molar-refractivity contribution in [1.82, 2.24) is 10.1 Å². The van der Waals surface area contributed by atoms with Crippen molar-refractivity contribution >= 4 is 0 Å². The van der Waals surface area contributed by atoms with Crippen LogP contribution in [0.3, 0.4) is 0 Å². The van der Waals surface area contributed by atoms with Crippen LogP contribution in [0.2, 0.25) is 0 Å². The van der Waals surface area contributed by atoms with Gasteiger partial charge >= 0.3 is 0 Å². The van der Waals surface area contributed by atoms with E-state index in [0.29, 0.717) is 6.04 Å². The molecule has 2 heterocycles. The van der Waals surface area contributed by atoms with Gasteiger partial charge in [-0.1, -0.05) is 18.0 Å². The van der Waals surface area contributed by atoms with E-state index >= 15 is 0 Å². The largest absolute Gasteiger partial charge is 0.468 e. The van der Waals surface area contributed by atoms with E-state index in [1.165, 1.54) is 25.7 Å². The molecule has 0 radical (unpaired) electrons. The van der Waals surface area contributed by atoms with Gasteiger partial charge in [-0.2, -0.15) is 0 Å². The van der Waals surface area contributed by atoms with Crippen LogP contribution in [0.4, 0.5) is 0 Å². The molecule has 0 N–H and O–H groups in total. The van der Waals surface area contributed by atoms with E-state index in [2.05, 4.69) is 10.1 Å². The summed E-state index contributed by atoms with van der Waals surface area (Å²) in [6.07, 6.45) is 6.94. The zero-order chi connectivity index (χ0) is 13.1. The van der Waals surface area contributed by atoms with Gasteiger partial charge in [-0.05, 0) is 31.9 Å². The molecular formula is C15H20N2O2. The van der Waals surface area contributed by atoms with Crippen molar-refractivity contribution in [2.75, 3.05) is 0 Å². The second kappa shape index (κ2) is 5.61. The Labute approximate surface area is 113 Å². The first kappa shape index (κ1) is 12.5. The van der Waals surface area contributed by atoms with Gasteiger partial charge in [-0.25, -0.2) is 0 Å². The van der Waals surface area contributed by atoms with Gasteiger partial charge in [0.2, 0.25) is 0 Å². The molecule has 4 nitrogen and oxygen atoms in total. The quantitative estimate of drug-likeness (QED) is 0.825. The van der Waals surface area contributed by atoms with E-state index in [9.17, 15) is 0 Å². The molecule has 0 amide bonds. The van der Waals surface area contributed by atoms with Crippen LogP contribution in [0.5, 0.6) is 0 Å². The van der Waals surface area contributed by atoms with Gasteiger partial charge in [0.25, 0.3) is 0 Å². The first-order valence-electron chi connectivity index (χ1n) is 7.00. The fourth-order valence-corrected chi connectivity index (χ4v) is 2.88. The Kier molecular flexibility index (Phi) is 3.69. The van der Waals surface area contributed by atoms with Crippen LogP contribution < -0.4 is 0 Å². The number of hydrogen-bond donors (Lipinski definition) is 0. The normalized spacial score (nSPS) is 16.5. The highest BCUT2D eigenvalue weighted by atomic mass is 16.5. The van der Waals surface area contributed by atoms with E-state index < -0.39 is 0 Å². The summed E-state index contributed by atoms with van der Waals surface area (Å²) in [5.74, 6) is 1.96. The molecule has 3 rings (SSSR count). The lowest BCUT2D eigenvalue weighted by Gasteiger charge is -2.26. The van der Waals surface area contributed by atoms with Gasteiger partial charge in [-0.3, -0.25) is 4.90 Å². The van der Waals surface area contributed by atoms with Crippen molar-refractivity contribution in [3.8, 4) is 0 Å². The Hall–Kier alpha value is -1.55. The lowest BCUT2D eigenvalue weighted by Crippen LogP contribution is -2.32. The van der Waals surface area contributed by atoms with Gasteiger partial charge in [-0.15, -0.1) is 0 Å². The van der Waals surface area contributed by atoms with Crippen molar-refractivity contribution in [2.24, 2.45) is 0 Å². The fourth-order valence-electron chi connectivity index (χ4n) is 2.88. The summed E-state index contributed by atoms with van der Waals surface area (Å²) in [6, 6.07) is 6.63. The molecule has 1 aliphatic rings. The molecule has 2 aromatic heterocycles. The van der Waals surface area contributed by atoms with Crippen LogP contribution in [-0.2, 0) is 13.1 Å². The molecule has 0 unspecified atom stereocenters. The molecule has 0 spiro atoms. The minimum atomic E-state index is 0.635. The molecule has 4 heteroatoms. The molecular weight excluding hydrogens is 240 g/mol. The predicted molar refractivity (Wildman–Crippen MR) is 71.5 cm³/mol. The smallest absolute Gasteiger partial charge is 0.150 e. The highest BCUT2D eigenvalue weighted by molar-refractivity contribution is 5.04. The van der Waals surface area contributed by atoms with Gasteiger partial charge in [0, 0.05) is 12.1 Å².